The Morgan fingerprint density at radius 2 is 2.11 bits per heavy atom. The average molecular weight is 261 g/mol. The fourth-order valence-corrected chi connectivity index (χ4v) is 3.09. The standard InChI is InChI=1S/C17H27NO/c1-4-18-17(12-19-13(2)3)16-11-7-9-14-8-5-6-10-15(14)16/h5-6,8,10,13,16-18H,4,7,9,11-12H2,1-3H3. The third-order valence-electron chi connectivity index (χ3n) is 3.98. The van der Waals surface area contributed by atoms with E-state index in [0.717, 1.165) is 13.2 Å². The summed E-state index contributed by atoms with van der Waals surface area (Å²) in [5, 5.41) is 3.62. The molecule has 1 aromatic rings. The molecule has 0 aromatic heterocycles. The third kappa shape index (κ3) is 3.80. The molecular weight excluding hydrogens is 234 g/mol. The molecule has 0 aliphatic heterocycles. The molecular formula is C17H27NO. The Balaban J connectivity index is 2.13. The van der Waals surface area contributed by atoms with Gasteiger partial charge in [-0.25, -0.2) is 0 Å². The molecule has 1 aromatic carbocycles. The number of nitrogens with one attached hydrogen (secondary N) is 1. The highest BCUT2D eigenvalue weighted by Crippen LogP contribution is 2.34. The van der Waals surface area contributed by atoms with E-state index in [2.05, 4.69) is 50.4 Å². The van der Waals surface area contributed by atoms with Gasteiger partial charge in [0, 0.05) is 12.0 Å². The molecule has 2 rings (SSSR count). The Bertz CT molecular complexity index is 389. The summed E-state index contributed by atoms with van der Waals surface area (Å²) in [5.74, 6) is 0.601. The maximum atomic E-state index is 5.86. The second kappa shape index (κ2) is 7.06. The van der Waals surface area contributed by atoms with Gasteiger partial charge in [0.1, 0.15) is 0 Å². The topological polar surface area (TPSA) is 21.3 Å². The van der Waals surface area contributed by atoms with Gasteiger partial charge in [0.25, 0.3) is 0 Å². The number of ether oxygens (including phenoxy) is 1. The van der Waals surface area contributed by atoms with Crippen molar-refractivity contribution in [1.82, 2.24) is 5.32 Å². The Labute approximate surface area is 117 Å². The zero-order valence-corrected chi connectivity index (χ0v) is 12.5. The summed E-state index contributed by atoms with van der Waals surface area (Å²) < 4.78 is 5.86. The van der Waals surface area contributed by atoms with Gasteiger partial charge < -0.3 is 10.1 Å². The van der Waals surface area contributed by atoms with Crippen molar-refractivity contribution in [3.8, 4) is 0 Å². The first-order valence-electron chi connectivity index (χ1n) is 7.65. The highest BCUT2D eigenvalue weighted by Gasteiger charge is 2.27. The average Bonchev–Trinajstić information content (AvgIpc) is 2.43. The fraction of sp³-hybridized carbons (Fsp3) is 0.647. The molecule has 106 valence electrons. The van der Waals surface area contributed by atoms with E-state index in [9.17, 15) is 0 Å². The molecule has 1 aliphatic carbocycles. The van der Waals surface area contributed by atoms with Gasteiger partial charge >= 0.3 is 0 Å². The van der Waals surface area contributed by atoms with Crippen LogP contribution in [0.3, 0.4) is 0 Å². The van der Waals surface area contributed by atoms with Crippen molar-refractivity contribution in [2.24, 2.45) is 0 Å². The van der Waals surface area contributed by atoms with E-state index in [1.54, 1.807) is 0 Å². The molecule has 0 heterocycles. The molecule has 0 saturated carbocycles. The van der Waals surface area contributed by atoms with Gasteiger partial charge in [-0.1, -0.05) is 31.2 Å². The number of benzene rings is 1. The lowest BCUT2D eigenvalue weighted by Crippen LogP contribution is -2.40. The quantitative estimate of drug-likeness (QED) is 0.846. The van der Waals surface area contributed by atoms with E-state index in [-0.39, 0.29) is 0 Å². The predicted molar refractivity (Wildman–Crippen MR) is 80.7 cm³/mol. The molecule has 19 heavy (non-hydrogen) atoms. The third-order valence-corrected chi connectivity index (χ3v) is 3.98. The number of rotatable bonds is 6. The summed E-state index contributed by atoms with van der Waals surface area (Å²) in [4.78, 5) is 0. The lowest BCUT2D eigenvalue weighted by atomic mass is 9.79. The minimum Gasteiger partial charge on any atom is -0.377 e. The van der Waals surface area contributed by atoms with Crippen LogP contribution in [0.5, 0.6) is 0 Å². The minimum absolute atomic E-state index is 0.306. The highest BCUT2D eigenvalue weighted by molar-refractivity contribution is 5.33. The number of likely N-dealkylation sites (N-methyl/N-ethyl adjacent to an activating group) is 1. The second-order valence-electron chi connectivity index (χ2n) is 5.74. The first-order chi connectivity index (χ1) is 9.22. The molecule has 1 aliphatic rings. The maximum absolute atomic E-state index is 5.86. The number of fused-ring (bicyclic) bond motifs is 1. The molecule has 2 nitrogen and oxygen atoms in total. The van der Waals surface area contributed by atoms with Crippen LogP contribution in [0.1, 0.15) is 50.7 Å². The summed E-state index contributed by atoms with van der Waals surface area (Å²) in [7, 11) is 0. The van der Waals surface area contributed by atoms with Crippen LogP contribution in [0.2, 0.25) is 0 Å². The first-order valence-corrected chi connectivity index (χ1v) is 7.65. The molecule has 0 fully saturated rings. The molecule has 2 unspecified atom stereocenters. The lowest BCUT2D eigenvalue weighted by Gasteiger charge is -2.33. The van der Waals surface area contributed by atoms with E-state index in [4.69, 9.17) is 4.74 Å². The summed E-state index contributed by atoms with van der Waals surface area (Å²) in [6, 6.07) is 9.36. The van der Waals surface area contributed by atoms with Crippen LogP contribution in [-0.2, 0) is 11.2 Å². The van der Waals surface area contributed by atoms with Crippen LogP contribution in [0.25, 0.3) is 0 Å². The van der Waals surface area contributed by atoms with E-state index in [0.29, 0.717) is 18.1 Å². The smallest absolute Gasteiger partial charge is 0.0629 e. The van der Waals surface area contributed by atoms with Crippen molar-refractivity contribution >= 4 is 0 Å². The summed E-state index contributed by atoms with van der Waals surface area (Å²) in [5.41, 5.74) is 3.07. The fourth-order valence-electron chi connectivity index (χ4n) is 3.09. The van der Waals surface area contributed by atoms with Gasteiger partial charge in [0.2, 0.25) is 0 Å². The number of hydrogen-bond acceptors (Lipinski definition) is 2. The summed E-state index contributed by atoms with van der Waals surface area (Å²) >= 11 is 0. The molecule has 0 bridgehead atoms. The lowest BCUT2D eigenvalue weighted by molar-refractivity contribution is 0.0545. The van der Waals surface area contributed by atoms with Crippen LogP contribution < -0.4 is 5.32 Å². The molecule has 0 saturated heterocycles. The van der Waals surface area contributed by atoms with Gasteiger partial charge in [0.05, 0.1) is 12.7 Å². The highest BCUT2D eigenvalue weighted by atomic mass is 16.5. The Morgan fingerprint density at radius 3 is 2.84 bits per heavy atom. The Morgan fingerprint density at radius 1 is 1.32 bits per heavy atom. The number of aryl methyl sites for hydroxylation is 1. The second-order valence-corrected chi connectivity index (χ2v) is 5.74. The number of hydrogen-bond donors (Lipinski definition) is 1. The van der Waals surface area contributed by atoms with Crippen LogP contribution in [0.15, 0.2) is 24.3 Å². The minimum atomic E-state index is 0.306. The van der Waals surface area contributed by atoms with Crippen molar-refractivity contribution in [1.29, 1.82) is 0 Å². The molecule has 0 radical (unpaired) electrons. The van der Waals surface area contributed by atoms with Crippen LogP contribution >= 0.6 is 0 Å². The van der Waals surface area contributed by atoms with E-state index < -0.39 is 0 Å². The van der Waals surface area contributed by atoms with Crippen LogP contribution in [0.4, 0.5) is 0 Å². The van der Waals surface area contributed by atoms with Gasteiger partial charge in [-0.05, 0) is 50.8 Å². The van der Waals surface area contributed by atoms with Crippen LogP contribution in [0, 0.1) is 0 Å². The van der Waals surface area contributed by atoms with E-state index >= 15 is 0 Å². The molecule has 0 spiro atoms. The van der Waals surface area contributed by atoms with Crippen LogP contribution in [-0.4, -0.2) is 25.3 Å². The van der Waals surface area contributed by atoms with Gasteiger partial charge in [0.15, 0.2) is 0 Å². The molecule has 2 atom stereocenters. The zero-order chi connectivity index (χ0) is 13.7. The Kier molecular flexibility index (Phi) is 5.41. The SMILES string of the molecule is CCNC(COC(C)C)C1CCCc2ccccc21. The van der Waals surface area contributed by atoms with Crippen molar-refractivity contribution in [3.05, 3.63) is 35.4 Å². The van der Waals surface area contributed by atoms with Gasteiger partial charge in [-0.15, -0.1) is 0 Å². The van der Waals surface area contributed by atoms with E-state index in [1.807, 2.05) is 0 Å². The molecule has 1 N–H and O–H groups in total. The normalized spacial score (nSPS) is 20.3. The van der Waals surface area contributed by atoms with Gasteiger partial charge in [-0.3, -0.25) is 0 Å². The van der Waals surface area contributed by atoms with Crippen molar-refractivity contribution in [2.45, 2.75) is 58.1 Å². The monoisotopic (exact) mass is 261 g/mol. The van der Waals surface area contributed by atoms with Gasteiger partial charge in [-0.2, -0.15) is 0 Å². The molecule has 0 amide bonds. The summed E-state index contributed by atoms with van der Waals surface area (Å²) in [6.07, 6.45) is 4.11. The molecule has 2 heteroatoms. The first kappa shape index (κ1) is 14.5. The van der Waals surface area contributed by atoms with Crippen molar-refractivity contribution in [3.63, 3.8) is 0 Å². The van der Waals surface area contributed by atoms with Crippen molar-refractivity contribution < 1.29 is 4.74 Å². The Hall–Kier alpha value is -0.860. The largest absolute Gasteiger partial charge is 0.377 e. The zero-order valence-electron chi connectivity index (χ0n) is 12.5. The van der Waals surface area contributed by atoms with Crippen molar-refractivity contribution in [2.75, 3.05) is 13.2 Å². The summed E-state index contributed by atoms with van der Waals surface area (Å²) in [6.45, 7) is 8.21. The predicted octanol–water partition coefficient (Wildman–Crippen LogP) is 3.51. The van der Waals surface area contributed by atoms with E-state index in [1.165, 1.54) is 30.4 Å². The maximum Gasteiger partial charge on any atom is 0.0629 e.